The fraction of sp³-hybridized carbons (Fsp3) is 0.615. The second-order valence-corrected chi connectivity index (χ2v) is 9.29. The van der Waals surface area contributed by atoms with E-state index in [1.165, 1.54) is 63.4 Å². The van der Waals surface area contributed by atoms with E-state index in [0.29, 0.717) is 17.9 Å². The molecule has 0 saturated heterocycles. The van der Waals surface area contributed by atoms with Crippen LogP contribution in [0.25, 0.3) is 0 Å². The lowest BCUT2D eigenvalue weighted by molar-refractivity contribution is -0.140. The highest BCUT2D eigenvalue weighted by Crippen LogP contribution is 2.43. The van der Waals surface area contributed by atoms with E-state index < -0.39 is 11.9 Å². The van der Waals surface area contributed by atoms with Gasteiger partial charge in [0.15, 0.2) is 0 Å². The monoisotopic (exact) mass is 412 g/mol. The Morgan fingerprint density at radius 1 is 1.00 bits per heavy atom. The van der Waals surface area contributed by atoms with Gasteiger partial charge in [0.25, 0.3) is 0 Å². The molecule has 0 amide bonds. The highest BCUT2D eigenvalue weighted by molar-refractivity contribution is 5.86. The summed E-state index contributed by atoms with van der Waals surface area (Å²) in [7, 11) is 0. The first kappa shape index (κ1) is 22.6. The van der Waals surface area contributed by atoms with Gasteiger partial charge < -0.3 is 9.84 Å². The zero-order valence-corrected chi connectivity index (χ0v) is 18.3. The number of ether oxygens (including phenoxy) is 1. The van der Waals surface area contributed by atoms with Gasteiger partial charge in [0.05, 0.1) is 0 Å². The van der Waals surface area contributed by atoms with E-state index in [1.54, 1.807) is 6.92 Å². The molecule has 0 spiro atoms. The molecule has 0 heterocycles. The molecule has 2 aliphatic carbocycles. The van der Waals surface area contributed by atoms with Gasteiger partial charge >= 0.3 is 11.9 Å². The molecule has 4 heteroatoms. The molecule has 2 saturated carbocycles. The van der Waals surface area contributed by atoms with Crippen molar-refractivity contribution in [1.29, 1.82) is 0 Å². The van der Waals surface area contributed by atoms with Gasteiger partial charge in [-0.2, -0.15) is 0 Å². The normalized spacial score (nSPS) is 22.4. The van der Waals surface area contributed by atoms with Crippen LogP contribution in [0.15, 0.2) is 30.4 Å². The van der Waals surface area contributed by atoms with Crippen molar-refractivity contribution in [1.82, 2.24) is 0 Å². The third-order valence-corrected chi connectivity index (χ3v) is 7.11. The van der Waals surface area contributed by atoms with Gasteiger partial charge in [-0.1, -0.05) is 56.9 Å². The highest BCUT2D eigenvalue weighted by atomic mass is 16.5. The Bertz CT molecular complexity index is 752. The summed E-state index contributed by atoms with van der Waals surface area (Å²) in [4.78, 5) is 22.9. The first-order chi connectivity index (χ1) is 14.4. The second-order valence-electron chi connectivity index (χ2n) is 9.29. The molecule has 4 nitrogen and oxygen atoms in total. The first-order valence-corrected chi connectivity index (χ1v) is 11.6. The molecule has 3 rings (SSSR count). The number of rotatable bonds is 8. The molecule has 30 heavy (non-hydrogen) atoms. The topological polar surface area (TPSA) is 63.6 Å². The number of carbonyl (C=O) groups excluding carboxylic acids is 1. The number of aliphatic carboxylic acids is 1. The van der Waals surface area contributed by atoms with Crippen LogP contribution in [0.3, 0.4) is 0 Å². The maximum Gasteiger partial charge on any atom is 0.333 e. The van der Waals surface area contributed by atoms with Gasteiger partial charge in [-0.25, -0.2) is 4.79 Å². The number of hydrogen-bond donors (Lipinski definition) is 1. The fourth-order valence-corrected chi connectivity index (χ4v) is 5.32. The van der Waals surface area contributed by atoms with E-state index in [1.807, 2.05) is 6.07 Å². The lowest BCUT2D eigenvalue weighted by atomic mass is 9.70. The molecule has 0 aliphatic heterocycles. The fourth-order valence-electron chi connectivity index (χ4n) is 5.32. The summed E-state index contributed by atoms with van der Waals surface area (Å²) < 4.78 is 5.39. The van der Waals surface area contributed by atoms with E-state index in [2.05, 4.69) is 18.7 Å². The maximum absolute atomic E-state index is 11.9. The summed E-state index contributed by atoms with van der Waals surface area (Å²) in [5, 5.41) is 9.05. The molecule has 2 aliphatic rings. The second kappa shape index (κ2) is 10.8. The minimum atomic E-state index is -0.815. The van der Waals surface area contributed by atoms with Crippen molar-refractivity contribution < 1.29 is 19.4 Å². The minimum Gasteiger partial charge on any atom is -0.481 e. The number of carboxylic acid groups (broad SMARTS) is 1. The Morgan fingerprint density at radius 3 is 2.30 bits per heavy atom. The molecule has 164 valence electrons. The summed E-state index contributed by atoms with van der Waals surface area (Å²) in [5.41, 5.74) is 3.56. The van der Waals surface area contributed by atoms with Crippen LogP contribution in [-0.4, -0.2) is 17.0 Å². The van der Waals surface area contributed by atoms with E-state index in [4.69, 9.17) is 9.84 Å². The van der Waals surface area contributed by atoms with Crippen LogP contribution >= 0.6 is 0 Å². The lowest BCUT2D eigenvalue weighted by Gasteiger charge is -2.36. The number of esters is 1. The summed E-state index contributed by atoms with van der Waals surface area (Å²) in [6.07, 6.45) is 12.7. The van der Waals surface area contributed by atoms with Gasteiger partial charge in [0, 0.05) is 12.0 Å². The molecule has 0 atom stereocenters. The quantitative estimate of drug-likeness (QED) is 0.409. The molecular weight excluding hydrogens is 376 g/mol. The van der Waals surface area contributed by atoms with Crippen LogP contribution in [0.4, 0.5) is 0 Å². The highest BCUT2D eigenvalue weighted by Gasteiger charge is 2.29. The Labute approximate surface area is 180 Å². The van der Waals surface area contributed by atoms with Crippen LogP contribution in [0.2, 0.25) is 0 Å². The van der Waals surface area contributed by atoms with Crippen LogP contribution in [-0.2, 0) is 27.4 Å². The standard InChI is InChI=1S/C26H36O4/c1-18(2)26(29)30-17-24-16-23(13-12-22(24)14-15-25(27)28)21-10-8-20(9-11-21)19-6-4-3-5-7-19/h12-13,16,19-21H,1,3-11,14-15,17H2,2H3,(H,27,28). The van der Waals surface area contributed by atoms with Crippen LogP contribution in [0, 0.1) is 11.8 Å². The van der Waals surface area contributed by atoms with Crippen molar-refractivity contribution in [2.75, 3.05) is 0 Å². The van der Waals surface area contributed by atoms with E-state index >= 15 is 0 Å². The average Bonchev–Trinajstić information content (AvgIpc) is 2.76. The van der Waals surface area contributed by atoms with Crippen molar-refractivity contribution >= 4 is 11.9 Å². The third-order valence-electron chi connectivity index (χ3n) is 7.11. The van der Waals surface area contributed by atoms with E-state index in [9.17, 15) is 9.59 Å². The largest absolute Gasteiger partial charge is 0.481 e. The Morgan fingerprint density at radius 2 is 1.67 bits per heavy atom. The van der Waals surface area contributed by atoms with E-state index in [-0.39, 0.29) is 13.0 Å². The Balaban J connectivity index is 1.66. The van der Waals surface area contributed by atoms with Crippen molar-refractivity contribution in [3.63, 3.8) is 0 Å². The Kier molecular flexibility index (Phi) is 8.12. The number of carboxylic acids is 1. The molecule has 1 N–H and O–H groups in total. The zero-order chi connectivity index (χ0) is 21.5. The molecule has 0 aromatic heterocycles. The minimum absolute atomic E-state index is 0.0767. The molecule has 0 radical (unpaired) electrons. The lowest BCUT2D eigenvalue weighted by Crippen LogP contribution is -2.23. The summed E-state index contributed by atoms with van der Waals surface area (Å²) >= 11 is 0. The summed E-state index contributed by atoms with van der Waals surface area (Å²) in [6.45, 7) is 5.44. The molecule has 0 bridgehead atoms. The summed E-state index contributed by atoms with van der Waals surface area (Å²) in [5.74, 6) is 1.17. The molecular formula is C26H36O4. The summed E-state index contributed by atoms with van der Waals surface area (Å²) in [6, 6.07) is 6.34. The van der Waals surface area contributed by atoms with Crippen molar-refractivity contribution in [3.05, 3.63) is 47.0 Å². The van der Waals surface area contributed by atoms with Crippen molar-refractivity contribution in [2.24, 2.45) is 11.8 Å². The van der Waals surface area contributed by atoms with Crippen LogP contribution in [0.1, 0.15) is 93.7 Å². The van der Waals surface area contributed by atoms with Crippen molar-refractivity contribution in [3.8, 4) is 0 Å². The predicted octanol–water partition coefficient (Wildman–Crippen LogP) is 6.18. The van der Waals surface area contributed by atoms with Crippen LogP contribution in [0.5, 0.6) is 0 Å². The number of hydrogen-bond acceptors (Lipinski definition) is 3. The number of aryl methyl sites for hydroxylation is 1. The van der Waals surface area contributed by atoms with Crippen molar-refractivity contribution in [2.45, 2.75) is 90.1 Å². The number of benzene rings is 1. The van der Waals surface area contributed by atoms with Gasteiger partial charge in [-0.15, -0.1) is 0 Å². The SMILES string of the molecule is C=C(C)C(=O)OCc1cc(C2CCC(C3CCCCC3)CC2)ccc1CCC(=O)O. The van der Waals surface area contributed by atoms with E-state index in [0.717, 1.165) is 23.0 Å². The maximum atomic E-state index is 11.9. The van der Waals surface area contributed by atoms with Gasteiger partial charge in [-0.3, -0.25) is 4.79 Å². The average molecular weight is 413 g/mol. The molecule has 1 aromatic carbocycles. The van der Waals surface area contributed by atoms with Gasteiger partial charge in [0.2, 0.25) is 0 Å². The number of carbonyl (C=O) groups is 2. The first-order valence-electron chi connectivity index (χ1n) is 11.6. The molecule has 1 aromatic rings. The molecule has 2 fully saturated rings. The molecule has 0 unspecified atom stereocenters. The Hall–Kier alpha value is -2.10. The smallest absolute Gasteiger partial charge is 0.333 e. The van der Waals surface area contributed by atoms with Gasteiger partial charge in [0.1, 0.15) is 6.61 Å². The third kappa shape index (κ3) is 6.20. The van der Waals surface area contributed by atoms with Gasteiger partial charge in [-0.05, 0) is 73.5 Å². The zero-order valence-electron chi connectivity index (χ0n) is 18.3. The van der Waals surface area contributed by atoms with Crippen LogP contribution < -0.4 is 0 Å². The predicted molar refractivity (Wildman–Crippen MR) is 118 cm³/mol.